The Hall–Kier alpha value is -3.03. The van der Waals surface area contributed by atoms with Crippen molar-refractivity contribution in [3.8, 4) is 5.82 Å². The number of rotatable bonds is 4. The van der Waals surface area contributed by atoms with Crippen molar-refractivity contribution in [3.05, 3.63) is 48.2 Å². The fourth-order valence-corrected chi connectivity index (χ4v) is 3.74. The van der Waals surface area contributed by atoms with Gasteiger partial charge < -0.3 is 9.80 Å². The molecule has 8 heteroatoms. The molecule has 0 unspecified atom stereocenters. The van der Waals surface area contributed by atoms with Crippen LogP contribution in [0.4, 0.5) is 11.6 Å². The molecule has 1 fully saturated rings. The van der Waals surface area contributed by atoms with E-state index in [-0.39, 0.29) is 0 Å². The highest BCUT2D eigenvalue weighted by Gasteiger charge is 2.32. The fourth-order valence-electron chi connectivity index (χ4n) is 3.74. The van der Waals surface area contributed by atoms with Gasteiger partial charge >= 0.3 is 0 Å². The zero-order chi connectivity index (χ0) is 18.2. The van der Waals surface area contributed by atoms with Crippen LogP contribution >= 0.6 is 0 Å². The molecule has 2 aliphatic rings. The van der Waals surface area contributed by atoms with Crippen LogP contribution in [-0.4, -0.2) is 56.1 Å². The van der Waals surface area contributed by atoms with Gasteiger partial charge in [-0.3, -0.25) is 4.98 Å². The van der Waals surface area contributed by atoms with E-state index in [2.05, 4.69) is 43.2 Å². The standard InChI is InChI=1S/C19H22N8/c1-25(18-10-20-11-19(22-18)27-8-4-7-21-27)15-12-26(13-15)17-9-14-5-2-3-6-16(14)23-24-17/h4,7-11,15H,2-3,5-6,12-13H2,1H3. The first kappa shape index (κ1) is 16.2. The predicted molar refractivity (Wildman–Crippen MR) is 102 cm³/mol. The Labute approximate surface area is 157 Å². The van der Waals surface area contributed by atoms with Crippen molar-refractivity contribution in [1.82, 2.24) is 29.9 Å². The largest absolute Gasteiger partial charge is 0.352 e. The Morgan fingerprint density at radius 3 is 2.81 bits per heavy atom. The highest BCUT2D eigenvalue weighted by atomic mass is 15.4. The molecule has 27 heavy (non-hydrogen) atoms. The van der Waals surface area contributed by atoms with Crippen LogP contribution in [0.1, 0.15) is 24.1 Å². The summed E-state index contributed by atoms with van der Waals surface area (Å²) < 4.78 is 1.72. The lowest BCUT2D eigenvalue weighted by atomic mass is 9.96. The molecule has 0 saturated carbocycles. The van der Waals surface area contributed by atoms with Crippen LogP contribution < -0.4 is 9.80 Å². The second-order valence-electron chi connectivity index (χ2n) is 7.24. The molecule has 4 heterocycles. The summed E-state index contributed by atoms with van der Waals surface area (Å²) in [6, 6.07) is 4.49. The van der Waals surface area contributed by atoms with Gasteiger partial charge in [-0.1, -0.05) is 0 Å². The number of nitrogens with zero attached hydrogens (tertiary/aromatic N) is 8. The number of likely N-dealkylation sites (N-methyl/N-ethyl adjacent to an activating group) is 1. The minimum absolute atomic E-state index is 0.380. The van der Waals surface area contributed by atoms with E-state index in [1.165, 1.54) is 24.1 Å². The zero-order valence-corrected chi connectivity index (χ0v) is 15.4. The van der Waals surface area contributed by atoms with Gasteiger partial charge in [-0.25, -0.2) is 9.67 Å². The molecule has 3 aromatic rings. The average molecular weight is 362 g/mol. The molecule has 3 aromatic heterocycles. The zero-order valence-electron chi connectivity index (χ0n) is 15.4. The van der Waals surface area contributed by atoms with Crippen LogP contribution in [0.25, 0.3) is 5.82 Å². The van der Waals surface area contributed by atoms with E-state index in [9.17, 15) is 0 Å². The van der Waals surface area contributed by atoms with Gasteiger partial charge in [0.2, 0.25) is 0 Å². The maximum absolute atomic E-state index is 4.69. The number of aryl methyl sites for hydroxylation is 2. The smallest absolute Gasteiger partial charge is 0.173 e. The number of aromatic nitrogens is 6. The third-order valence-corrected chi connectivity index (χ3v) is 5.50. The van der Waals surface area contributed by atoms with E-state index in [0.29, 0.717) is 6.04 Å². The van der Waals surface area contributed by atoms with E-state index in [1.807, 2.05) is 12.3 Å². The number of fused-ring (bicyclic) bond motifs is 1. The van der Waals surface area contributed by atoms with Crippen molar-refractivity contribution in [2.75, 3.05) is 29.9 Å². The molecule has 0 bridgehead atoms. The van der Waals surface area contributed by atoms with E-state index >= 15 is 0 Å². The molecule has 1 aliphatic carbocycles. The fraction of sp³-hybridized carbons (Fsp3) is 0.421. The maximum atomic E-state index is 4.69. The Morgan fingerprint density at radius 2 is 1.96 bits per heavy atom. The summed E-state index contributed by atoms with van der Waals surface area (Å²) >= 11 is 0. The number of hydrogen-bond acceptors (Lipinski definition) is 7. The van der Waals surface area contributed by atoms with Gasteiger partial charge in [-0.15, -0.1) is 5.10 Å². The van der Waals surface area contributed by atoms with Gasteiger partial charge in [-0.05, 0) is 43.4 Å². The predicted octanol–water partition coefficient (Wildman–Crippen LogP) is 1.66. The second-order valence-corrected chi connectivity index (χ2v) is 7.24. The van der Waals surface area contributed by atoms with Crippen LogP contribution in [0.3, 0.4) is 0 Å². The van der Waals surface area contributed by atoms with Crippen molar-refractivity contribution >= 4 is 11.6 Å². The Morgan fingerprint density at radius 1 is 1.07 bits per heavy atom. The topological polar surface area (TPSA) is 75.9 Å². The molecule has 8 nitrogen and oxygen atoms in total. The lowest BCUT2D eigenvalue weighted by Gasteiger charge is -2.44. The van der Waals surface area contributed by atoms with Crippen molar-refractivity contribution in [3.63, 3.8) is 0 Å². The van der Waals surface area contributed by atoms with Gasteiger partial charge in [-0.2, -0.15) is 10.2 Å². The van der Waals surface area contributed by atoms with Crippen LogP contribution in [-0.2, 0) is 12.8 Å². The summed E-state index contributed by atoms with van der Waals surface area (Å²) in [6.07, 6.45) is 11.8. The maximum Gasteiger partial charge on any atom is 0.173 e. The second kappa shape index (κ2) is 6.61. The summed E-state index contributed by atoms with van der Waals surface area (Å²) in [5, 5.41) is 13.1. The van der Waals surface area contributed by atoms with Crippen LogP contribution in [0, 0.1) is 0 Å². The van der Waals surface area contributed by atoms with Gasteiger partial charge in [0.25, 0.3) is 0 Å². The quantitative estimate of drug-likeness (QED) is 0.698. The molecule has 0 amide bonds. The average Bonchev–Trinajstić information content (AvgIpc) is 3.22. The molecule has 1 saturated heterocycles. The summed E-state index contributed by atoms with van der Waals surface area (Å²) in [5.74, 6) is 2.57. The first-order chi connectivity index (χ1) is 13.3. The van der Waals surface area contributed by atoms with E-state index in [4.69, 9.17) is 4.98 Å². The molecular formula is C19H22N8. The SMILES string of the molecule is CN(c1cncc(-n2cccn2)n1)C1CN(c2cc3c(nn2)CCCC3)C1. The van der Waals surface area contributed by atoms with E-state index in [1.54, 1.807) is 23.3 Å². The van der Waals surface area contributed by atoms with Crippen LogP contribution in [0.2, 0.25) is 0 Å². The summed E-state index contributed by atoms with van der Waals surface area (Å²) in [6.45, 7) is 1.83. The van der Waals surface area contributed by atoms with Crippen molar-refractivity contribution < 1.29 is 0 Å². The highest BCUT2D eigenvalue weighted by molar-refractivity contribution is 5.49. The summed E-state index contributed by atoms with van der Waals surface area (Å²) in [5.41, 5.74) is 2.56. The Bertz CT molecular complexity index is 933. The van der Waals surface area contributed by atoms with Gasteiger partial charge in [0.1, 0.15) is 5.82 Å². The number of anilines is 2. The summed E-state index contributed by atoms with van der Waals surface area (Å²) in [4.78, 5) is 13.5. The molecular weight excluding hydrogens is 340 g/mol. The van der Waals surface area contributed by atoms with E-state index in [0.717, 1.165) is 43.4 Å². The monoisotopic (exact) mass is 362 g/mol. The molecule has 0 atom stereocenters. The first-order valence-electron chi connectivity index (χ1n) is 9.43. The minimum atomic E-state index is 0.380. The van der Waals surface area contributed by atoms with E-state index < -0.39 is 0 Å². The highest BCUT2D eigenvalue weighted by Crippen LogP contribution is 2.27. The van der Waals surface area contributed by atoms with Crippen LogP contribution in [0.5, 0.6) is 0 Å². The molecule has 138 valence electrons. The lowest BCUT2D eigenvalue weighted by Crippen LogP contribution is -2.59. The van der Waals surface area contributed by atoms with Crippen molar-refractivity contribution in [2.24, 2.45) is 0 Å². The van der Waals surface area contributed by atoms with Gasteiger partial charge in [0.05, 0.1) is 24.1 Å². The first-order valence-corrected chi connectivity index (χ1v) is 9.43. The van der Waals surface area contributed by atoms with Crippen molar-refractivity contribution in [1.29, 1.82) is 0 Å². The molecule has 0 aromatic carbocycles. The van der Waals surface area contributed by atoms with Crippen molar-refractivity contribution in [2.45, 2.75) is 31.7 Å². The Kier molecular flexibility index (Phi) is 3.95. The molecule has 0 radical (unpaired) electrons. The molecule has 0 spiro atoms. The lowest BCUT2D eigenvalue weighted by molar-refractivity contribution is 0.485. The van der Waals surface area contributed by atoms with Gasteiger partial charge in [0.15, 0.2) is 11.6 Å². The normalized spacial score (nSPS) is 16.7. The molecule has 1 aliphatic heterocycles. The third kappa shape index (κ3) is 3.01. The van der Waals surface area contributed by atoms with Gasteiger partial charge in [0, 0.05) is 32.5 Å². The minimum Gasteiger partial charge on any atom is -0.352 e. The third-order valence-electron chi connectivity index (χ3n) is 5.50. The molecule has 0 N–H and O–H groups in total. The van der Waals surface area contributed by atoms with Crippen LogP contribution in [0.15, 0.2) is 36.9 Å². The molecule has 5 rings (SSSR count). The Balaban J connectivity index is 1.27. The summed E-state index contributed by atoms with van der Waals surface area (Å²) in [7, 11) is 2.07. The number of hydrogen-bond donors (Lipinski definition) is 0.